The molecule has 0 aliphatic heterocycles. The number of rotatable bonds is 2. The van der Waals surface area contributed by atoms with Gasteiger partial charge in [-0.1, -0.05) is 72.8 Å². The van der Waals surface area contributed by atoms with Gasteiger partial charge in [0.2, 0.25) is 5.91 Å². The third-order valence-electron chi connectivity index (χ3n) is 1.97. The molecule has 0 aromatic heterocycles. The molecular weight excluding hydrogens is 381 g/mol. The second-order valence-electron chi connectivity index (χ2n) is 3.58. The molecule has 112 valence electrons. The van der Waals surface area contributed by atoms with Crippen molar-refractivity contribution in [1.82, 2.24) is 3.53 Å². The molecule has 2 rings (SSSR count). The van der Waals surface area contributed by atoms with E-state index in [0.29, 0.717) is 0 Å². The molecule has 0 fully saturated rings. The molecule has 2 aromatic carbocycles. The second kappa shape index (κ2) is 14.5. The predicted molar refractivity (Wildman–Crippen MR) is 91.7 cm³/mol. The summed E-state index contributed by atoms with van der Waals surface area (Å²) in [5.41, 5.74) is 0. The van der Waals surface area contributed by atoms with Gasteiger partial charge in [0.05, 0.1) is 30.0 Å². The number of hydrogen-bond donors (Lipinski definition) is 1. The van der Waals surface area contributed by atoms with E-state index >= 15 is 0 Å². The maximum Gasteiger partial charge on any atom is 0.315 e. The molecule has 0 heterocycles. The van der Waals surface area contributed by atoms with E-state index in [9.17, 15) is 9.59 Å². The molecule has 0 radical (unpaired) electrons. The molecule has 0 bridgehead atoms. The van der Waals surface area contributed by atoms with Crippen molar-refractivity contribution in [3.8, 4) is 0 Å². The third-order valence-corrected chi connectivity index (χ3v) is 2.57. The van der Waals surface area contributed by atoms with Crippen LogP contribution in [0.15, 0.2) is 72.8 Å². The quantitative estimate of drug-likeness (QED) is 0.365. The lowest BCUT2D eigenvalue weighted by Crippen LogP contribution is -2.17. The Morgan fingerprint density at radius 2 is 1.10 bits per heavy atom. The zero-order valence-electron chi connectivity index (χ0n) is 11.7. The third kappa shape index (κ3) is 14.3. The van der Waals surface area contributed by atoms with Crippen LogP contribution in [0.1, 0.15) is 6.42 Å². The van der Waals surface area contributed by atoms with E-state index in [1.165, 1.54) is 7.11 Å². The normalized spacial score (nSPS) is 8.10. The Morgan fingerprint density at radius 1 is 0.810 bits per heavy atom. The first-order valence-corrected chi connectivity index (χ1v) is 7.25. The van der Waals surface area contributed by atoms with Crippen molar-refractivity contribution in [2.75, 3.05) is 7.11 Å². The lowest BCUT2D eigenvalue weighted by molar-refractivity contribution is -0.143. The zero-order chi connectivity index (χ0) is 15.8. The molecule has 0 aliphatic carbocycles. The van der Waals surface area contributed by atoms with Crippen molar-refractivity contribution >= 4 is 34.7 Å². The second-order valence-corrected chi connectivity index (χ2v) is 4.12. The van der Waals surface area contributed by atoms with E-state index in [-0.39, 0.29) is 12.3 Å². The summed E-state index contributed by atoms with van der Waals surface area (Å²) in [4.78, 5) is 20.7. The van der Waals surface area contributed by atoms with E-state index in [1.54, 1.807) is 22.9 Å². The Bertz CT molecular complexity index is 378. The van der Waals surface area contributed by atoms with Gasteiger partial charge in [-0.3, -0.25) is 13.1 Å². The lowest BCUT2D eigenvalue weighted by Gasteiger charge is -1.94. The molecule has 0 atom stereocenters. The highest BCUT2D eigenvalue weighted by atomic mass is 127. The van der Waals surface area contributed by atoms with Crippen LogP contribution in [0.2, 0.25) is 0 Å². The summed E-state index contributed by atoms with van der Waals surface area (Å²) in [5, 5.41) is 0. The summed E-state index contributed by atoms with van der Waals surface area (Å²) < 4.78 is 6.48. The fourth-order valence-electron chi connectivity index (χ4n) is 1.01. The van der Waals surface area contributed by atoms with Crippen LogP contribution in [0, 0.1) is 0 Å². The first kappa shape index (κ1) is 19.1. The van der Waals surface area contributed by atoms with Crippen LogP contribution in [0.25, 0.3) is 0 Å². The molecule has 1 N–H and O–H groups in total. The topological polar surface area (TPSA) is 55.4 Å². The largest absolute Gasteiger partial charge is 0.469 e. The number of esters is 1. The van der Waals surface area contributed by atoms with Crippen LogP contribution < -0.4 is 3.53 Å². The molecular formula is C16H18INO3. The SMILES string of the molecule is COC(=O)CC(=O)NI.c1ccccc1.c1ccccc1. The van der Waals surface area contributed by atoms with Crippen molar-refractivity contribution < 1.29 is 14.3 Å². The Kier molecular flexibility index (Phi) is 13.2. The fourth-order valence-corrected chi connectivity index (χ4v) is 1.20. The number of halogens is 1. The van der Waals surface area contributed by atoms with Gasteiger partial charge in [0, 0.05) is 0 Å². The number of ether oxygens (including phenoxy) is 1. The Morgan fingerprint density at radius 3 is 1.29 bits per heavy atom. The number of benzene rings is 2. The van der Waals surface area contributed by atoms with Gasteiger partial charge in [0.15, 0.2) is 0 Å². The highest BCUT2D eigenvalue weighted by molar-refractivity contribution is 14.1. The maximum absolute atomic E-state index is 10.4. The summed E-state index contributed by atoms with van der Waals surface area (Å²) >= 11 is 1.66. The lowest BCUT2D eigenvalue weighted by atomic mass is 10.4. The van der Waals surface area contributed by atoms with Crippen LogP contribution >= 0.6 is 22.9 Å². The standard InChI is InChI=1S/2C6H6.C4H6INO3/c2*1-2-4-6-5-3-1;1-9-4(8)2-3(7)6-5/h2*1-6H;2H2,1H3,(H,6,7). The van der Waals surface area contributed by atoms with Crippen LogP contribution in [-0.4, -0.2) is 19.0 Å². The van der Waals surface area contributed by atoms with E-state index in [4.69, 9.17) is 0 Å². The minimum Gasteiger partial charge on any atom is -0.469 e. The van der Waals surface area contributed by atoms with Crippen LogP contribution in [0.4, 0.5) is 0 Å². The van der Waals surface area contributed by atoms with Crippen molar-refractivity contribution in [1.29, 1.82) is 0 Å². The summed E-state index contributed by atoms with van der Waals surface area (Å²) in [6.07, 6.45) is -0.209. The minimum atomic E-state index is -0.524. The Hall–Kier alpha value is -1.89. The molecule has 0 saturated heterocycles. The smallest absolute Gasteiger partial charge is 0.315 e. The summed E-state index contributed by atoms with van der Waals surface area (Å²) in [5.74, 6) is -0.869. The molecule has 4 nitrogen and oxygen atoms in total. The maximum atomic E-state index is 10.4. The average Bonchev–Trinajstić information content (AvgIpc) is 2.59. The van der Waals surface area contributed by atoms with Crippen LogP contribution in [0.5, 0.6) is 0 Å². The monoisotopic (exact) mass is 399 g/mol. The van der Waals surface area contributed by atoms with Gasteiger partial charge < -0.3 is 4.74 Å². The van der Waals surface area contributed by atoms with Gasteiger partial charge in [-0.05, 0) is 0 Å². The highest BCUT2D eigenvalue weighted by Gasteiger charge is 2.06. The van der Waals surface area contributed by atoms with Crippen molar-refractivity contribution in [3.05, 3.63) is 72.8 Å². The zero-order valence-corrected chi connectivity index (χ0v) is 13.9. The van der Waals surface area contributed by atoms with Gasteiger partial charge >= 0.3 is 5.97 Å². The average molecular weight is 399 g/mol. The van der Waals surface area contributed by atoms with E-state index in [0.717, 1.165) is 0 Å². The summed E-state index contributed by atoms with van der Waals surface area (Å²) in [6.45, 7) is 0. The Labute approximate surface area is 139 Å². The molecule has 0 spiro atoms. The van der Waals surface area contributed by atoms with Crippen molar-refractivity contribution in [3.63, 3.8) is 0 Å². The summed E-state index contributed by atoms with van der Waals surface area (Å²) in [6, 6.07) is 24.0. The molecule has 0 unspecified atom stereocenters. The highest BCUT2D eigenvalue weighted by Crippen LogP contribution is 1.85. The van der Waals surface area contributed by atoms with Crippen LogP contribution in [-0.2, 0) is 14.3 Å². The first-order valence-electron chi connectivity index (χ1n) is 6.17. The number of carbonyl (C=O) groups excluding carboxylic acids is 2. The number of hydrogen-bond acceptors (Lipinski definition) is 3. The number of methoxy groups -OCH3 is 1. The number of nitrogens with one attached hydrogen (secondary N) is 1. The van der Waals surface area contributed by atoms with E-state index in [1.807, 2.05) is 72.8 Å². The molecule has 21 heavy (non-hydrogen) atoms. The number of amides is 1. The fraction of sp³-hybridized carbons (Fsp3) is 0.125. The van der Waals surface area contributed by atoms with Gasteiger partial charge in [0.25, 0.3) is 0 Å². The van der Waals surface area contributed by atoms with Gasteiger partial charge in [0.1, 0.15) is 6.42 Å². The van der Waals surface area contributed by atoms with Gasteiger partial charge in [-0.2, -0.15) is 0 Å². The molecule has 0 saturated carbocycles. The number of carbonyl (C=O) groups is 2. The molecule has 2 aromatic rings. The Balaban J connectivity index is 0.000000293. The molecule has 1 amide bonds. The van der Waals surface area contributed by atoms with Gasteiger partial charge in [-0.15, -0.1) is 0 Å². The molecule has 5 heteroatoms. The molecule has 0 aliphatic rings. The predicted octanol–water partition coefficient (Wildman–Crippen LogP) is 3.39. The first-order chi connectivity index (χ1) is 10.2. The summed E-state index contributed by atoms with van der Waals surface area (Å²) in [7, 11) is 1.24. The van der Waals surface area contributed by atoms with Crippen LogP contribution in [0.3, 0.4) is 0 Å². The van der Waals surface area contributed by atoms with Crippen molar-refractivity contribution in [2.24, 2.45) is 0 Å². The minimum absolute atomic E-state index is 0.209. The van der Waals surface area contributed by atoms with Crippen molar-refractivity contribution in [2.45, 2.75) is 6.42 Å². The van der Waals surface area contributed by atoms with E-state index in [2.05, 4.69) is 8.27 Å². The van der Waals surface area contributed by atoms with E-state index < -0.39 is 5.97 Å². The van der Waals surface area contributed by atoms with Gasteiger partial charge in [-0.25, -0.2) is 0 Å².